The molecule has 1 N–H and O–H groups in total. The van der Waals surface area contributed by atoms with Crippen LogP contribution in [0.15, 0.2) is 54.6 Å². The number of aromatic nitrogens is 1. The lowest BCUT2D eigenvalue weighted by Crippen LogP contribution is -2.36. The first-order chi connectivity index (χ1) is 13.7. The first-order valence-electron chi connectivity index (χ1n) is 9.68. The quantitative estimate of drug-likeness (QED) is 0.636. The third kappa shape index (κ3) is 3.79. The Kier molecular flexibility index (Phi) is 5.15. The minimum Gasteiger partial charge on any atom is -0.469 e. The highest BCUT2D eigenvalue weighted by molar-refractivity contribution is 5.95. The third-order valence-electron chi connectivity index (χ3n) is 5.30. The molecule has 0 unspecified atom stereocenters. The van der Waals surface area contributed by atoms with E-state index in [1.807, 2.05) is 41.3 Å². The SMILES string of the molecule is COC(=O)CCN(C(=O)Cc1c(-c2ccccc2)[nH]c2ccccc12)C1CC1. The largest absolute Gasteiger partial charge is 0.469 e. The molecule has 0 saturated heterocycles. The summed E-state index contributed by atoms with van der Waals surface area (Å²) in [6, 6.07) is 18.4. The van der Waals surface area contributed by atoms with Gasteiger partial charge in [-0.3, -0.25) is 9.59 Å². The molecule has 5 nitrogen and oxygen atoms in total. The zero-order valence-corrected chi connectivity index (χ0v) is 16.0. The lowest BCUT2D eigenvalue weighted by Gasteiger charge is -2.22. The number of methoxy groups -OCH3 is 1. The number of esters is 1. The summed E-state index contributed by atoms with van der Waals surface area (Å²) in [5, 5.41) is 1.07. The molecule has 28 heavy (non-hydrogen) atoms. The van der Waals surface area contributed by atoms with Crippen LogP contribution in [0, 0.1) is 0 Å². The standard InChI is InChI=1S/C23H24N2O3/c1-28-22(27)13-14-25(17-11-12-17)21(26)15-19-18-9-5-6-10-20(18)24-23(19)16-7-3-2-4-8-16/h2-10,17,24H,11-15H2,1H3. The number of fused-ring (bicyclic) bond motifs is 1. The van der Waals surface area contributed by atoms with Crippen molar-refractivity contribution >= 4 is 22.8 Å². The zero-order valence-electron chi connectivity index (χ0n) is 16.0. The molecule has 1 heterocycles. The maximum Gasteiger partial charge on any atom is 0.307 e. The van der Waals surface area contributed by atoms with Crippen LogP contribution in [0.1, 0.15) is 24.8 Å². The molecule has 1 amide bonds. The molecule has 1 aromatic heterocycles. The van der Waals surface area contributed by atoms with E-state index in [1.54, 1.807) is 0 Å². The van der Waals surface area contributed by atoms with E-state index in [1.165, 1.54) is 7.11 Å². The van der Waals surface area contributed by atoms with Crippen LogP contribution in [0.25, 0.3) is 22.2 Å². The average molecular weight is 376 g/mol. The molecule has 0 aliphatic heterocycles. The molecule has 0 bridgehead atoms. The molecule has 0 radical (unpaired) electrons. The Morgan fingerprint density at radius 3 is 2.50 bits per heavy atom. The molecule has 1 fully saturated rings. The minimum atomic E-state index is -0.282. The number of amides is 1. The number of rotatable bonds is 7. The van der Waals surface area contributed by atoms with Crippen LogP contribution < -0.4 is 0 Å². The number of nitrogens with one attached hydrogen (secondary N) is 1. The molecule has 1 saturated carbocycles. The van der Waals surface area contributed by atoms with Gasteiger partial charge in [0, 0.05) is 23.5 Å². The Balaban J connectivity index is 1.64. The Morgan fingerprint density at radius 1 is 1.07 bits per heavy atom. The van der Waals surface area contributed by atoms with Gasteiger partial charge in [-0.15, -0.1) is 0 Å². The lowest BCUT2D eigenvalue weighted by atomic mass is 10.0. The van der Waals surface area contributed by atoms with Gasteiger partial charge in [0.25, 0.3) is 0 Å². The monoisotopic (exact) mass is 376 g/mol. The number of hydrogen-bond acceptors (Lipinski definition) is 3. The predicted molar refractivity (Wildman–Crippen MR) is 109 cm³/mol. The van der Waals surface area contributed by atoms with Crippen molar-refractivity contribution in [1.29, 1.82) is 0 Å². The second-order valence-electron chi connectivity index (χ2n) is 7.21. The number of benzene rings is 2. The maximum atomic E-state index is 13.2. The van der Waals surface area contributed by atoms with Crippen LogP contribution in [0.5, 0.6) is 0 Å². The predicted octanol–water partition coefficient (Wildman–Crippen LogP) is 3.93. The molecule has 0 spiro atoms. The summed E-state index contributed by atoms with van der Waals surface area (Å²) >= 11 is 0. The number of hydrogen-bond donors (Lipinski definition) is 1. The van der Waals surface area contributed by atoms with Gasteiger partial charge in [-0.05, 0) is 30.0 Å². The summed E-state index contributed by atoms with van der Waals surface area (Å²) in [6.45, 7) is 0.416. The topological polar surface area (TPSA) is 62.4 Å². The highest BCUT2D eigenvalue weighted by Crippen LogP contribution is 2.33. The summed E-state index contributed by atoms with van der Waals surface area (Å²) in [5.74, 6) is -0.219. The molecular formula is C23H24N2O3. The summed E-state index contributed by atoms with van der Waals surface area (Å²) in [7, 11) is 1.38. The summed E-state index contributed by atoms with van der Waals surface area (Å²) < 4.78 is 4.74. The number of nitrogens with zero attached hydrogens (tertiary/aromatic N) is 1. The van der Waals surface area contributed by atoms with Gasteiger partial charge in [0.15, 0.2) is 0 Å². The van der Waals surface area contributed by atoms with Crippen molar-refractivity contribution in [1.82, 2.24) is 9.88 Å². The summed E-state index contributed by atoms with van der Waals surface area (Å²) in [6.07, 6.45) is 2.56. The van der Waals surface area contributed by atoms with E-state index in [2.05, 4.69) is 23.2 Å². The van der Waals surface area contributed by atoms with Gasteiger partial charge < -0.3 is 14.6 Å². The van der Waals surface area contributed by atoms with Crippen molar-refractivity contribution in [3.8, 4) is 11.3 Å². The third-order valence-corrected chi connectivity index (χ3v) is 5.30. The smallest absolute Gasteiger partial charge is 0.307 e. The van der Waals surface area contributed by atoms with Gasteiger partial charge in [0.1, 0.15) is 0 Å². The first-order valence-corrected chi connectivity index (χ1v) is 9.68. The Morgan fingerprint density at radius 2 is 1.79 bits per heavy atom. The molecule has 3 aromatic rings. The first kappa shape index (κ1) is 18.3. The number of aromatic amines is 1. The van der Waals surface area contributed by atoms with Gasteiger partial charge in [0.05, 0.1) is 25.6 Å². The maximum absolute atomic E-state index is 13.2. The Hall–Kier alpha value is -3.08. The fourth-order valence-corrected chi connectivity index (χ4v) is 3.70. The van der Waals surface area contributed by atoms with Crippen molar-refractivity contribution in [3.63, 3.8) is 0 Å². The number of para-hydroxylation sites is 1. The molecule has 1 aliphatic rings. The fraction of sp³-hybridized carbons (Fsp3) is 0.304. The van der Waals surface area contributed by atoms with Crippen LogP contribution in [-0.2, 0) is 20.7 Å². The lowest BCUT2D eigenvalue weighted by molar-refractivity contribution is -0.141. The van der Waals surface area contributed by atoms with Crippen LogP contribution in [-0.4, -0.2) is 41.5 Å². The van der Waals surface area contributed by atoms with Crippen LogP contribution in [0.3, 0.4) is 0 Å². The molecule has 144 valence electrons. The number of H-pyrrole nitrogens is 1. The Bertz CT molecular complexity index is 990. The van der Waals surface area contributed by atoms with E-state index in [-0.39, 0.29) is 24.3 Å². The van der Waals surface area contributed by atoms with E-state index in [9.17, 15) is 9.59 Å². The molecule has 0 atom stereocenters. The van der Waals surface area contributed by atoms with Gasteiger partial charge >= 0.3 is 5.97 Å². The number of ether oxygens (including phenoxy) is 1. The van der Waals surface area contributed by atoms with Crippen molar-refractivity contribution in [2.45, 2.75) is 31.7 Å². The fourth-order valence-electron chi connectivity index (χ4n) is 3.70. The molecule has 4 rings (SSSR count). The average Bonchev–Trinajstić information content (AvgIpc) is 3.50. The normalized spacial score (nSPS) is 13.5. The molecule has 2 aromatic carbocycles. The van der Waals surface area contributed by atoms with Crippen molar-refractivity contribution in [3.05, 3.63) is 60.2 Å². The molecule has 5 heteroatoms. The summed E-state index contributed by atoms with van der Waals surface area (Å²) in [4.78, 5) is 30.1. The van der Waals surface area contributed by atoms with Crippen molar-refractivity contribution in [2.75, 3.05) is 13.7 Å². The van der Waals surface area contributed by atoms with Crippen LogP contribution in [0.2, 0.25) is 0 Å². The molecular weight excluding hydrogens is 352 g/mol. The second-order valence-corrected chi connectivity index (χ2v) is 7.21. The zero-order chi connectivity index (χ0) is 19.5. The van der Waals surface area contributed by atoms with Gasteiger partial charge in [-0.2, -0.15) is 0 Å². The molecule has 1 aliphatic carbocycles. The van der Waals surface area contributed by atoms with E-state index < -0.39 is 0 Å². The minimum absolute atomic E-state index is 0.0633. The van der Waals surface area contributed by atoms with E-state index >= 15 is 0 Å². The van der Waals surface area contributed by atoms with Crippen molar-refractivity contribution < 1.29 is 14.3 Å². The van der Waals surface area contributed by atoms with Crippen molar-refractivity contribution in [2.24, 2.45) is 0 Å². The highest BCUT2D eigenvalue weighted by atomic mass is 16.5. The van der Waals surface area contributed by atoms with E-state index in [0.29, 0.717) is 13.0 Å². The van der Waals surface area contributed by atoms with Crippen LogP contribution in [0.4, 0.5) is 0 Å². The second kappa shape index (κ2) is 7.89. The van der Waals surface area contributed by atoms with E-state index in [4.69, 9.17) is 4.74 Å². The van der Waals surface area contributed by atoms with E-state index in [0.717, 1.165) is 40.6 Å². The number of carbonyl (C=O) groups is 2. The number of carbonyl (C=O) groups excluding carboxylic acids is 2. The Labute approximate surface area is 164 Å². The van der Waals surface area contributed by atoms with Gasteiger partial charge in [-0.25, -0.2) is 0 Å². The van der Waals surface area contributed by atoms with Gasteiger partial charge in [0.2, 0.25) is 5.91 Å². The highest BCUT2D eigenvalue weighted by Gasteiger charge is 2.33. The van der Waals surface area contributed by atoms with Gasteiger partial charge in [-0.1, -0.05) is 48.5 Å². The summed E-state index contributed by atoms with van der Waals surface area (Å²) in [5.41, 5.74) is 4.08. The van der Waals surface area contributed by atoms with Crippen LogP contribution >= 0.6 is 0 Å².